The molecule has 1 aromatic heterocycles. The van der Waals surface area contributed by atoms with Gasteiger partial charge in [-0.1, -0.05) is 20.8 Å². The van der Waals surface area contributed by atoms with Gasteiger partial charge in [-0.2, -0.15) is 0 Å². The molecule has 112 valence electrons. The fourth-order valence-corrected chi connectivity index (χ4v) is 2.41. The first-order chi connectivity index (χ1) is 9.58. The Balaban J connectivity index is 2.04. The second kappa shape index (κ2) is 6.88. The highest BCUT2D eigenvalue weighted by Crippen LogP contribution is 2.18. The Morgan fingerprint density at radius 3 is 2.50 bits per heavy atom. The van der Waals surface area contributed by atoms with Gasteiger partial charge in [0, 0.05) is 38.8 Å². The number of rotatable bonds is 5. The number of likely N-dealkylation sites (N-methyl/N-ethyl adjacent to an activating group) is 1. The summed E-state index contributed by atoms with van der Waals surface area (Å²) in [6, 6.07) is 2.08. The highest BCUT2D eigenvalue weighted by atomic mass is 15.3. The molecule has 20 heavy (non-hydrogen) atoms. The highest BCUT2D eigenvalue weighted by Gasteiger charge is 2.17. The van der Waals surface area contributed by atoms with E-state index in [0.717, 1.165) is 56.7 Å². The lowest BCUT2D eigenvalue weighted by Crippen LogP contribution is -2.46. The summed E-state index contributed by atoms with van der Waals surface area (Å²) in [4.78, 5) is 13.9. The van der Waals surface area contributed by atoms with Crippen molar-refractivity contribution < 1.29 is 0 Å². The second-order valence-corrected chi connectivity index (χ2v) is 5.85. The van der Waals surface area contributed by atoms with Crippen molar-refractivity contribution >= 4 is 11.6 Å². The zero-order valence-electron chi connectivity index (χ0n) is 13.2. The third kappa shape index (κ3) is 4.07. The van der Waals surface area contributed by atoms with E-state index in [0.29, 0.717) is 5.92 Å². The summed E-state index contributed by atoms with van der Waals surface area (Å²) in [6.45, 7) is 15.0. The number of anilines is 2. The zero-order valence-corrected chi connectivity index (χ0v) is 13.2. The van der Waals surface area contributed by atoms with Crippen LogP contribution in [0.2, 0.25) is 0 Å². The average Bonchev–Trinajstić information content (AvgIpc) is 2.44. The Labute approximate surface area is 122 Å². The Bertz CT molecular complexity index is 424. The van der Waals surface area contributed by atoms with E-state index in [-0.39, 0.29) is 0 Å². The first kappa shape index (κ1) is 15.0. The molecule has 1 fully saturated rings. The Morgan fingerprint density at radius 1 is 1.20 bits per heavy atom. The summed E-state index contributed by atoms with van der Waals surface area (Å²) < 4.78 is 0. The summed E-state index contributed by atoms with van der Waals surface area (Å²) in [5.74, 6) is 3.45. The van der Waals surface area contributed by atoms with E-state index >= 15 is 0 Å². The molecule has 1 N–H and O–H groups in total. The van der Waals surface area contributed by atoms with Crippen LogP contribution in [0.25, 0.3) is 0 Å². The van der Waals surface area contributed by atoms with Gasteiger partial charge in [0.2, 0.25) is 0 Å². The molecule has 0 unspecified atom stereocenters. The van der Waals surface area contributed by atoms with Crippen molar-refractivity contribution in [2.24, 2.45) is 5.92 Å². The van der Waals surface area contributed by atoms with E-state index in [9.17, 15) is 0 Å². The van der Waals surface area contributed by atoms with Crippen LogP contribution in [0.15, 0.2) is 6.07 Å². The first-order valence-corrected chi connectivity index (χ1v) is 7.65. The van der Waals surface area contributed by atoms with Crippen molar-refractivity contribution in [3.8, 4) is 0 Å². The molecule has 0 amide bonds. The molecule has 5 heteroatoms. The van der Waals surface area contributed by atoms with Crippen LogP contribution < -0.4 is 10.2 Å². The molecule has 2 heterocycles. The van der Waals surface area contributed by atoms with E-state index in [1.54, 1.807) is 0 Å². The van der Waals surface area contributed by atoms with Crippen molar-refractivity contribution in [2.75, 3.05) is 49.5 Å². The zero-order chi connectivity index (χ0) is 14.5. The fraction of sp³-hybridized carbons (Fsp3) is 0.733. The SMILES string of the molecule is CCN1CCN(c2cc(NCC(C)C)nc(C)n2)CC1. The van der Waals surface area contributed by atoms with E-state index in [1.807, 2.05) is 6.92 Å². The van der Waals surface area contributed by atoms with Crippen LogP contribution in [0, 0.1) is 12.8 Å². The minimum absolute atomic E-state index is 0.613. The van der Waals surface area contributed by atoms with Crippen LogP contribution in [0.4, 0.5) is 11.6 Å². The van der Waals surface area contributed by atoms with Gasteiger partial charge >= 0.3 is 0 Å². The molecule has 1 aliphatic rings. The van der Waals surface area contributed by atoms with Gasteiger partial charge in [0.1, 0.15) is 17.5 Å². The molecule has 1 aromatic rings. The van der Waals surface area contributed by atoms with Crippen LogP contribution in [-0.4, -0.2) is 54.1 Å². The summed E-state index contributed by atoms with van der Waals surface area (Å²) in [6.07, 6.45) is 0. The maximum absolute atomic E-state index is 4.59. The quantitative estimate of drug-likeness (QED) is 0.892. The van der Waals surface area contributed by atoms with Gasteiger partial charge in [-0.15, -0.1) is 0 Å². The maximum Gasteiger partial charge on any atom is 0.134 e. The van der Waals surface area contributed by atoms with Gasteiger partial charge in [-0.25, -0.2) is 9.97 Å². The van der Waals surface area contributed by atoms with Gasteiger partial charge in [-0.05, 0) is 19.4 Å². The van der Waals surface area contributed by atoms with Crippen LogP contribution in [-0.2, 0) is 0 Å². The number of aryl methyl sites for hydroxylation is 1. The minimum Gasteiger partial charge on any atom is -0.370 e. The standard InChI is InChI=1S/C15H27N5/c1-5-19-6-8-20(9-7-19)15-10-14(16-11-12(2)3)17-13(4)18-15/h10,12H,5-9,11H2,1-4H3,(H,16,17,18). The molecule has 0 saturated carbocycles. The van der Waals surface area contributed by atoms with Gasteiger partial charge < -0.3 is 15.1 Å². The number of piperazine rings is 1. The maximum atomic E-state index is 4.59. The molecule has 1 saturated heterocycles. The fourth-order valence-electron chi connectivity index (χ4n) is 2.41. The van der Waals surface area contributed by atoms with Gasteiger partial charge in [0.25, 0.3) is 0 Å². The normalized spacial score (nSPS) is 16.8. The first-order valence-electron chi connectivity index (χ1n) is 7.65. The number of aromatic nitrogens is 2. The van der Waals surface area contributed by atoms with Crippen molar-refractivity contribution in [1.82, 2.24) is 14.9 Å². The number of nitrogens with zero attached hydrogens (tertiary/aromatic N) is 4. The van der Waals surface area contributed by atoms with Crippen LogP contribution >= 0.6 is 0 Å². The third-order valence-corrected chi connectivity index (χ3v) is 3.66. The Hall–Kier alpha value is -1.36. The summed E-state index contributed by atoms with van der Waals surface area (Å²) in [5.41, 5.74) is 0. The van der Waals surface area contributed by atoms with E-state index in [2.05, 4.69) is 51.9 Å². The summed E-state index contributed by atoms with van der Waals surface area (Å²) >= 11 is 0. The molecule has 5 nitrogen and oxygen atoms in total. The van der Waals surface area contributed by atoms with Gasteiger partial charge in [0.05, 0.1) is 0 Å². The summed E-state index contributed by atoms with van der Waals surface area (Å²) in [5, 5.41) is 3.40. The molecule has 0 radical (unpaired) electrons. The topological polar surface area (TPSA) is 44.3 Å². The monoisotopic (exact) mass is 277 g/mol. The van der Waals surface area contributed by atoms with Gasteiger partial charge in [-0.3, -0.25) is 0 Å². The number of nitrogens with one attached hydrogen (secondary N) is 1. The molecule has 0 atom stereocenters. The Kier molecular flexibility index (Phi) is 5.17. The lowest BCUT2D eigenvalue weighted by molar-refractivity contribution is 0.270. The van der Waals surface area contributed by atoms with E-state index in [4.69, 9.17) is 0 Å². The molecule has 2 rings (SSSR count). The molecule has 1 aliphatic heterocycles. The molecule has 0 aromatic carbocycles. The van der Waals surface area contributed by atoms with Crippen molar-refractivity contribution in [2.45, 2.75) is 27.7 Å². The lowest BCUT2D eigenvalue weighted by Gasteiger charge is -2.34. The number of hydrogen-bond donors (Lipinski definition) is 1. The molecule has 0 bridgehead atoms. The van der Waals surface area contributed by atoms with Crippen molar-refractivity contribution in [3.05, 3.63) is 11.9 Å². The largest absolute Gasteiger partial charge is 0.370 e. The molecular formula is C15H27N5. The average molecular weight is 277 g/mol. The van der Waals surface area contributed by atoms with Crippen LogP contribution in [0.1, 0.15) is 26.6 Å². The second-order valence-electron chi connectivity index (χ2n) is 5.85. The summed E-state index contributed by atoms with van der Waals surface area (Å²) in [7, 11) is 0. The van der Waals surface area contributed by atoms with E-state index in [1.165, 1.54) is 0 Å². The van der Waals surface area contributed by atoms with Crippen LogP contribution in [0.3, 0.4) is 0 Å². The van der Waals surface area contributed by atoms with E-state index < -0.39 is 0 Å². The predicted octanol–water partition coefficient (Wildman–Crippen LogP) is 1.99. The Morgan fingerprint density at radius 2 is 1.90 bits per heavy atom. The van der Waals surface area contributed by atoms with Crippen LogP contribution in [0.5, 0.6) is 0 Å². The number of hydrogen-bond acceptors (Lipinski definition) is 5. The lowest BCUT2D eigenvalue weighted by atomic mass is 10.2. The minimum atomic E-state index is 0.613. The third-order valence-electron chi connectivity index (χ3n) is 3.66. The van der Waals surface area contributed by atoms with Gasteiger partial charge in [0.15, 0.2) is 0 Å². The van der Waals surface area contributed by atoms with Crippen molar-refractivity contribution in [3.63, 3.8) is 0 Å². The molecular weight excluding hydrogens is 250 g/mol. The molecule has 0 aliphatic carbocycles. The highest BCUT2D eigenvalue weighted by molar-refractivity contribution is 5.49. The predicted molar refractivity (Wildman–Crippen MR) is 84.4 cm³/mol. The van der Waals surface area contributed by atoms with Crippen molar-refractivity contribution in [1.29, 1.82) is 0 Å². The smallest absolute Gasteiger partial charge is 0.134 e. The molecule has 0 spiro atoms.